The smallest absolute Gasteiger partial charge is 0.164 e. The lowest BCUT2D eigenvalue weighted by atomic mass is 10.0. The van der Waals surface area contributed by atoms with Crippen LogP contribution < -0.4 is 14.8 Å². The van der Waals surface area contributed by atoms with Gasteiger partial charge in [-0.2, -0.15) is 0 Å². The van der Waals surface area contributed by atoms with Crippen molar-refractivity contribution in [3.8, 4) is 11.5 Å². The number of methoxy groups -OCH3 is 2. The van der Waals surface area contributed by atoms with Crippen LogP contribution in [0.3, 0.4) is 0 Å². The van der Waals surface area contributed by atoms with Crippen molar-refractivity contribution < 1.29 is 9.47 Å². The highest BCUT2D eigenvalue weighted by atomic mass is 16.5. The zero-order valence-electron chi connectivity index (χ0n) is 10.8. The van der Waals surface area contributed by atoms with Crippen LogP contribution in [0.4, 0.5) is 0 Å². The molecule has 0 aliphatic carbocycles. The predicted octanol–water partition coefficient (Wildman–Crippen LogP) is 2.08. The van der Waals surface area contributed by atoms with Gasteiger partial charge in [-0.15, -0.1) is 0 Å². The average molecular weight is 223 g/mol. The monoisotopic (exact) mass is 223 g/mol. The van der Waals surface area contributed by atoms with E-state index < -0.39 is 0 Å². The molecule has 0 amide bonds. The van der Waals surface area contributed by atoms with Gasteiger partial charge in [0.1, 0.15) is 0 Å². The summed E-state index contributed by atoms with van der Waals surface area (Å²) < 4.78 is 10.9. The fraction of sp³-hybridized carbons (Fsp3) is 0.538. The minimum Gasteiger partial charge on any atom is -0.493 e. The van der Waals surface area contributed by atoms with Gasteiger partial charge in [-0.25, -0.2) is 0 Å². The van der Waals surface area contributed by atoms with Crippen LogP contribution in [0.2, 0.25) is 0 Å². The van der Waals surface area contributed by atoms with E-state index in [2.05, 4.69) is 25.2 Å². The Bertz CT molecular complexity index is 361. The minimum absolute atomic E-state index is 0.855. The third-order valence-corrected chi connectivity index (χ3v) is 2.87. The van der Waals surface area contributed by atoms with Gasteiger partial charge in [0.25, 0.3) is 0 Å². The van der Waals surface area contributed by atoms with E-state index in [0.29, 0.717) is 0 Å². The number of likely N-dealkylation sites (N-methyl/N-ethyl adjacent to an activating group) is 1. The highest BCUT2D eigenvalue weighted by molar-refractivity contribution is 5.55. The van der Waals surface area contributed by atoms with Gasteiger partial charge in [0.2, 0.25) is 0 Å². The quantitative estimate of drug-likeness (QED) is 0.829. The Labute approximate surface area is 97.8 Å². The molecule has 0 aliphatic heterocycles. The summed E-state index contributed by atoms with van der Waals surface area (Å²) in [5, 5.41) is 3.14. The number of hydrogen-bond donors (Lipinski definition) is 1. The molecule has 1 aromatic rings. The molecule has 16 heavy (non-hydrogen) atoms. The van der Waals surface area contributed by atoms with Crippen molar-refractivity contribution in [3.63, 3.8) is 0 Å². The van der Waals surface area contributed by atoms with Crippen molar-refractivity contribution in [1.82, 2.24) is 5.32 Å². The second-order valence-corrected chi connectivity index (χ2v) is 3.90. The molecule has 1 N–H and O–H groups in total. The number of ether oxygens (including phenoxy) is 2. The predicted molar refractivity (Wildman–Crippen MR) is 66.7 cm³/mol. The van der Waals surface area contributed by atoms with Crippen molar-refractivity contribution in [1.29, 1.82) is 0 Å². The van der Waals surface area contributed by atoms with Crippen molar-refractivity contribution >= 4 is 0 Å². The zero-order chi connectivity index (χ0) is 12.1. The molecule has 0 heterocycles. The molecule has 0 bridgehead atoms. The maximum atomic E-state index is 5.45. The molecule has 0 radical (unpaired) electrons. The van der Waals surface area contributed by atoms with Gasteiger partial charge in [0, 0.05) is 0 Å². The molecule has 0 unspecified atom stereocenters. The van der Waals surface area contributed by atoms with Crippen LogP contribution in [-0.2, 0) is 6.42 Å². The molecule has 3 heteroatoms. The average Bonchev–Trinajstić information content (AvgIpc) is 2.29. The third-order valence-electron chi connectivity index (χ3n) is 2.87. The lowest BCUT2D eigenvalue weighted by Gasteiger charge is -2.17. The van der Waals surface area contributed by atoms with Crippen LogP contribution in [0.25, 0.3) is 0 Å². The minimum atomic E-state index is 0.855. The van der Waals surface area contributed by atoms with E-state index in [1.807, 2.05) is 7.05 Å². The number of rotatable bonds is 5. The number of nitrogens with one attached hydrogen (secondary N) is 1. The van der Waals surface area contributed by atoms with Crippen LogP contribution >= 0.6 is 0 Å². The first kappa shape index (κ1) is 12.8. The summed E-state index contributed by atoms with van der Waals surface area (Å²) in [7, 11) is 5.33. The van der Waals surface area contributed by atoms with Gasteiger partial charge < -0.3 is 14.8 Å². The lowest BCUT2D eigenvalue weighted by Crippen LogP contribution is -2.11. The first-order valence-corrected chi connectivity index (χ1v) is 5.51. The zero-order valence-corrected chi connectivity index (χ0v) is 10.8. The van der Waals surface area contributed by atoms with Gasteiger partial charge in [-0.1, -0.05) is 6.07 Å². The van der Waals surface area contributed by atoms with Gasteiger partial charge in [0.15, 0.2) is 11.5 Å². The van der Waals surface area contributed by atoms with Gasteiger partial charge >= 0.3 is 0 Å². The van der Waals surface area contributed by atoms with Crippen LogP contribution in [0.15, 0.2) is 6.07 Å². The molecule has 1 rings (SSSR count). The summed E-state index contributed by atoms with van der Waals surface area (Å²) in [6, 6.07) is 2.17. The number of hydrogen-bond acceptors (Lipinski definition) is 3. The van der Waals surface area contributed by atoms with Gasteiger partial charge in [-0.3, -0.25) is 0 Å². The van der Waals surface area contributed by atoms with Gasteiger partial charge in [-0.05, 0) is 50.6 Å². The van der Waals surface area contributed by atoms with Crippen molar-refractivity contribution in [2.24, 2.45) is 0 Å². The van der Waals surface area contributed by atoms with Crippen LogP contribution in [0.1, 0.15) is 16.7 Å². The molecule has 0 atom stereocenters. The van der Waals surface area contributed by atoms with E-state index in [0.717, 1.165) is 30.0 Å². The first-order chi connectivity index (χ1) is 7.65. The maximum Gasteiger partial charge on any atom is 0.164 e. The normalized spacial score (nSPS) is 10.3. The molecule has 0 aromatic heterocycles. The van der Waals surface area contributed by atoms with Crippen LogP contribution in [-0.4, -0.2) is 27.8 Å². The summed E-state index contributed by atoms with van der Waals surface area (Å²) >= 11 is 0. The molecule has 0 saturated heterocycles. The van der Waals surface area contributed by atoms with Crippen molar-refractivity contribution in [3.05, 3.63) is 22.8 Å². The Hall–Kier alpha value is -1.22. The molecule has 3 nitrogen and oxygen atoms in total. The third kappa shape index (κ3) is 2.47. The SMILES string of the molecule is CNCCc1cc(C)c(C)c(OC)c1OC. The fourth-order valence-corrected chi connectivity index (χ4v) is 1.85. The van der Waals surface area contributed by atoms with E-state index in [1.165, 1.54) is 11.1 Å². The van der Waals surface area contributed by atoms with Crippen molar-refractivity contribution in [2.75, 3.05) is 27.8 Å². The molecule has 0 saturated carbocycles. The fourth-order valence-electron chi connectivity index (χ4n) is 1.85. The molecule has 0 aliphatic rings. The topological polar surface area (TPSA) is 30.5 Å². The highest BCUT2D eigenvalue weighted by Crippen LogP contribution is 2.36. The maximum absolute atomic E-state index is 5.45. The standard InChI is InChI=1S/C13H21NO2/c1-9-8-11(6-7-14-3)13(16-5)12(15-4)10(9)2/h8,14H,6-7H2,1-5H3. The summed E-state index contributed by atoms with van der Waals surface area (Å²) in [6.45, 7) is 5.08. The number of benzene rings is 1. The molecule has 0 fully saturated rings. The summed E-state index contributed by atoms with van der Waals surface area (Å²) in [5.74, 6) is 1.72. The van der Waals surface area contributed by atoms with Crippen molar-refractivity contribution in [2.45, 2.75) is 20.3 Å². The lowest BCUT2D eigenvalue weighted by molar-refractivity contribution is 0.349. The summed E-state index contributed by atoms with van der Waals surface area (Å²) in [4.78, 5) is 0. The van der Waals surface area contributed by atoms with E-state index in [9.17, 15) is 0 Å². The van der Waals surface area contributed by atoms with E-state index in [1.54, 1.807) is 14.2 Å². The number of aryl methyl sites for hydroxylation is 1. The molecule has 90 valence electrons. The molecular formula is C13H21NO2. The second kappa shape index (κ2) is 5.75. The summed E-state index contributed by atoms with van der Waals surface area (Å²) in [6.07, 6.45) is 0.942. The van der Waals surface area contributed by atoms with E-state index in [4.69, 9.17) is 9.47 Å². The first-order valence-electron chi connectivity index (χ1n) is 5.51. The van der Waals surface area contributed by atoms with Crippen LogP contribution in [0, 0.1) is 13.8 Å². The molecule has 1 aromatic carbocycles. The Kier molecular flexibility index (Phi) is 4.62. The van der Waals surface area contributed by atoms with E-state index >= 15 is 0 Å². The molecular weight excluding hydrogens is 202 g/mol. The Balaban J connectivity index is 3.20. The van der Waals surface area contributed by atoms with E-state index in [-0.39, 0.29) is 0 Å². The second-order valence-electron chi connectivity index (χ2n) is 3.90. The Morgan fingerprint density at radius 2 is 1.75 bits per heavy atom. The Morgan fingerprint density at radius 1 is 1.12 bits per heavy atom. The van der Waals surface area contributed by atoms with Crippen LogP contribution in [0.5, 0.6) is 11.5 Å². The molecule has 0 spiro atoms. The summed E-state index contributed by atoms with van der Waals surface area (Å²) in [5.41, 5.74) is 3.58. The Morgan fingerprint density at radius 3 is 2.25 bits per heavy atom. The largest absolute Gasteiger partial charge is 0.493 e. The highest BCUT2D eigenvalue weighted by Gasteiger charge is 2.14. The van der Waals surface area contributed by atoms with Gasteiger partial charge in [0.05, 0.1) is 14.2 Å².